The molecule has 2 N–H and O–H groups in total. The molecule has 0 rings (SSSR count). The minimum atomic E-state index is -0.181. The Morgan fingerprint density at radius 1 is 1.00 bits per heavy atom. The first-order chi connectivity index (χ1) is 6.74. The molecule has 0 spiro atoms. The van der Waals surface area contributed by atoms with Crippen LogP contribution < -0.4 is 0 Å². The van der Waals surface area contributed by atoms with E-state index in [0.717, 1.165) is 7.11 Å². The van der Waals surface area contributed by atoms with Gasteiger partial charge >= 0.3 is 0 Å². The van der Waals surface area contributed by atoms with E-state index in [4.69, 9.17) is 10.2 Å². The molecule has 6 heteroatoms. The van der Waals surface area contributed by atoms with E-state index in [2.05, 4.69) is 43.7 Å². The normalized spacial score (nSPS) is 6.86. The van der Waals surface area contributed by atoms with Gasteiger partial charge in [0, 0.05) is 28.4 Å². The first kappa shape index (κ1) is 24.0. The van der Waals surface area contributed by atoms with Gasteiger partial charge in [0.15, 0.2) is 0 Å². The van der Waals surface area contributed by atoms with E-state index >= 15 is 0 Å². The van der Waals surface area contributed by atoms with E-state index in [9.17, 15) is 0 Å². The molecule has 14 heavy (non-hydrogen) atoms. The van der Waals surface area contributed by atoms with Crippen molar-refractivity contribution in [1.29, 1.82) is 0 Å². The Morgan fingerprint density at radius 3 is 1.21 bits per heavy atom. The van der Waals surface area contributed by atoms with Crippen molar-refractivity contribution in [2.24, 2.45) is 0 Å². The smallest absolute Gasteiger partial charge is 0.145 e. The standard InChI is InChI=1S/C3H8O2.C2H5I.C2H6O2.CH4O/c1-4-3-5-2;1-2-3;1-4-2-3;1-2/h3H2,1-2H3;2H2,1H3;3H,2H2,1H3;2H,1H3. The van der Waals surface area contributed by atoms with Crippen LogP contribution in [0.15, 0.2) is 0 Å². The van der Waals surface area contributed by atoms with Gasteiger partial charge in [0.05, 0.1) is 0 Å². The van der Waals surface area contributed by atoms with Crippen LogP contribution in [0.4, 0.5) is 0 Å². The van der Waals surface area contributed by atoms with Gasteiger partial charge < -0.3 is 24.4 Å². The summed E-state index contributed by atoms with van der Waals surface area (Å²) in [7, 11) is 5.60. The highest BCUT2D eigenvalue weighted by Gasteiger charge is 1.63. The highest BCUT2D eigenvalue weighted by atomic mass is 127. The average molecular weight is 326 g/mol. The van der Waals surface area contributed by atoms with E-state index in [-0.39, 0.29) is 6.79 Å². The third kappa shape index (κ3) is 134. The van der Waals surface area contributed by atoms with Crippen molar-refractivity contribution in [3.63, 3.8) is 0 Å². The lowest BCUT2D eigenvalue weighted by Gasteiger charge is -1.87. The fraction of sp³-hybridized carbons (Fsp3) is 1.00. The number of methoxy groups -OCH3 is 3. The number of aliphatic hydroxyl groups excluding tert-OH is 2. The molecule has 0 fully saturated rings. The van der Waals surface area contributed by atoms with Gasteiger partial charge in [-0.05, 0) is 4.43 Å². The van der Waals surface area contributed by atoms with E-state index in [1.54, 1.807) is 14.2 Å². The lowest BCUT2D eigenvalue weighted by atomic mass is 11.0. The largest absolute Gasteiger partial charge is 0.400 e. The van der Waals surface area contributed by atoms with Crippen molar-refractivity contribution in [3.05, 3.63) is 0 Å². The topological polar surface area (TPSA) is 68.2 Å². The van der Waals surface area contributed by atoms with Gasteiger partial charge in [0.1, 0.15) is 13.6 Å². The van der Waals surface area contributed by atoms with Gasteiger partial charge in [0.25, 0.3) is 0 Å². The molecule has 0 aliphatic heterocycles. The van der Waals surface area contributed by atoms with E-state index in [1.807, 2.05) is 0 Å². The quantitative estimate of drug-likeness (QED) is 0.458. The molecule has 0 aromatic carbocycles. The first-order valence-electron chi connectivity index (χ1n) is 3.83. The SMILES string of the molecule is CCI.CO.COCO.COCOC. The van der Waals surface area contributed by atoms with Crippen LogP contribution in [0.1, 0.15) is 6.92 Å². The predicted octanol–water partition coefficient (Wildman–Crippen LogP) is 0.869. The summed E-state index contributed by atoms with van der Waals surface area (Å²) < 4.78 is 14.3. The molecular weight excluding hydrogens is 303 g/mol. The van der Waals surface area contributed by atoms with E-state index < -0.39 is 0 Å². The van der Waals surface area contributed by atoms with Crippen LogP contribution in [0.3, 0.4) is 0 Å². The summed E-state index contributed by atoms with van der Waals surface area (Å²) in [6.07, 6.45) is 0. The summed E-state index contributed by atoms with van der Waals surface area (Å²) in [6.45, 7) is 2.32. The van der Waals surface area contributed by atoms with Crippen LogP contribution in [-0.4, -0.2) is 56.7 Å². The van der Waals surface area contributed by atoms with Crippen LogP contribution in [0, 0.1) is 0 Å². The molecule has 0 aliphatic carbocycles. The second-order valence-corrected chi connectivity index (χ2v) is 2.91. The van der Waals surface area contributed by atoms with E-state index in [0.29, 0.717) is 6.79 Å². The molecular formula is C8H23IO5. The van der Waals surface area contributed by atoms with Crippen LogP contribution in [0.2, 0.25) is 0 Å². The molecule has 0 aromatic rings. The van der Waals surface area contributed by atoms with Crippen molar-refractivity contribution in [3.8, 4) is 0 Å². The number of hydrogen-bond donors (Lipinski definition) is 2. The average Bonchev–Trinajstić information content (AvgIpc) is 2.24. The van der Waals surface area contributed by atoms with Gasteiger partial charge in [-0.15, -0.1) is 0 Å². The number of ether oxygens (including phenoxy) is 3. The number of halogens is 1. The summed E-state index contributed by atoms with van der Waals surface area (Å²) in [5.74, 6) is 0. The minimum Gasteiger partial charge on any atom is -0.400 e. The van der Waals surface area contributed by atoms with Crippen LogP contribution >= 0.6 is 22.6 Å². The maximum Gasteiger partial charge on any atom is 0.145 e. The molecule has 0 saturated heterocycles. The number of hydrogen-bond acceptors (Lipinski definition) is 5. The molecule has 0 amide bonds. The maximum absolute atomic E-state index is 7.65. The molecule has 0 bridgehead atoms. The van der Waals surface area contributed by atoms with Crippen molar-refractivity contribution in [2.45, 2.75) is 6.92 Å². The fourth-order valence-corrected chi connectivity index (χ4v) is 0.118. The molecule has 0 aromatic heterocycles. The van der Waals surface area contributed by atoms with Gasteiger partial charge in [-0.25, -0.2) is 0 Å². The summed E-state index contributed by atoms with van der Waals surface area (Å²) in [6, 6.07) is 0. The van der Waals surface area contributed by atoms with Crippen molar-refractivity contribution >= 4 is 22.6 Å². The summed E-state index contributed by atoms with van der Waals surface area (Å²) in [5.41, 5.74) is 0. The lowest BCUT2D eigenvalue weighted by molar-refractivity contribution is -0.00272. The third-order valence-electron chi connectivity index (χ3n) is 0.365. The molecule has 0 heterocycles. The molecule has 0 aliphatic rings. The van der Waals surface area contributed by atoms with Crippen molar-refractivity contribution in [1.82, 2.24) is 0 Å². The Hall–Kier alpha value is 0.530. The zero-order valence-electron chi connectivity index (χ0n) is 9.62. The molecule has 0 unspecified atom stereocenters. The zero-order chi connectivity index (χ0) is 12.2. The summed E-state index contributed by atoms with van der Waals surface area (Å²) >= 11 is 2.29. The first-order valence-corrected chi connectivity index (χ1v) is 5.35. The van der Waals surface area contributed by atoms with E-state index in [1.165, 1.54) is 11.5 Å². The highest BCUT2D eigenvalue weighted by Crippen LogP contribution is 1.69. The monoisotopic (exact) mass is 326 g/mol. The Labute approximate surface area is 101 Å². The molecule has 5 nitrogen and oxygen atoms in total. The van der Waals surface area contributed by atoms with Crippen molar-refractivity contribution < 1.29 is 24.4 Å². The van der Waals surface area contributed by atoms with Gasteiger partial charge in [-0.3, -0.25) is 0 Å². The maximum atomic E-state index is 7.65. The summed E-state index contributed by atoms with van der Waals surface area (Å²) in [5, 5.41) is 14.7. The van der Waals surface area contributed by atoms with Gasteiger partial charge in [-0.1, -0.05) is 29.5 Å². The Bertz CT molecular complexity index is 44.7. The zero-order valence-corrected chi connectivity index (χ0v) is 11.8. The third-order valence-corrected chi connectivity index (χ3v) is 0.365. The minimum absolute atomic E-state index is 0.181. The summed E-state index contributed by atoms with van der Waals surface area (Å²) in [4.78, 5) is 0. The van der Waals surface area contributed by atoms with Gasteiger partial charge in [0.2, 0.25) is 0 Å². The molecule has 92 valence electrons. The Balaban J connectivity index is -0.0000000505. The fourth-order valence-electron chi connectivity index (χ4n) is 0.118. The molecule has 0 radical (unpaired) electrons. The van der Waals surface area contributed by atoms with Crippen LogP contribution in [-0.2, 0) is 14.2 Å². The van der Waals surface area contributed by atoms with Crippen LogP contribution in [0.5, 0.6) is 0 Å². The predicted molar refractivity (Wildman–Crippen MR) is 65.7 cm³/mol. The molecule has 0 saturated carbocycles. The Morgan fingerprint density at radius 2 is 1.21 bits per heavy atom. The lowest BCUT2D eigenvalue weighted by Crippen LogP contribution is -1.87. The van der Waals surface area contributed by atoms with Gasteiger partial charge in [-0.2, -0.15) is 0 Å². The number of rotatable bonds is 3. The van der Waals surface area contributed by atoms with Crippen LogP contribution in [0.25, 0.3) is 0 Å². The second-order valence-electron chi connectivity index (χ2n) is 1.38. The van der Waals surface area contributed by atoms with Crippen molar-refractivity contribution in [2.75, 3.05) is 46.5 Å². The number of alkyl halides is 1. The number of aliphatic hydroxyl groups is 2. The Kier molecular flexibility index (Phi) is 85.4. The highest BCUT2D eigenvalue weighted by molar-refractivity contribution is 14.1. The molecule has 0 atom stereocenters. The second kappa shape index (κ2) is 49.8.